The van der Waals surface area contributed by atoms with Crippen molar-refractivity contribution in [1.82, 2.24) is 0 Å². The molecule has 0 saturated heterocycles. The van der Waals surface area contributed by atoms with E-state index in [9.17, 15) is 4.79 Å². The molecule has 0 radical (unpaired) electrons. The summed E-state index contributed by atoms with van der Waals surface area (Å²) in [4.78, 5) is 17.4. The van der Waals surface area contributed by atoms with Gasteiger partial charge in [-0.1, -0.05) is 34.5 Å². The molecule has 8 heteroatoms. The molecule has 0 aromatic heterocycles. The lowest BCUT2D eigenvalue weighted by Gasteiger charge is -2.06. The third-order valence-electron chi connectivity index (χ3n) is 2.55. The zero-order valence-electron chi connectivity index (χ0n) is 10.7. The second kappa shape index (κ2) is 6.63. The third-order valence-corrected chi connectivity index (χ3v) is 2.55. The molecule has 1 amide bonds. The van der Waals surface area contributed by atoms with Crippen LogP contribution < -0.4 is 5.32 Å². The molecule has 102 valence electrons. The fourth-order valence-electron chi connectivity index (χ4n) is 1.63. The molecule has 2 rings (SSSR count). The minimum atomic E-state index is -0.332. The summed E-state index contributed by atoms with van der Waals surface area (Å²) in [5.41, 5.74) is 18.4. The zero-order valence-corrected chi connectivity index (χ0v) is 10.7. The number of carbonyl (C=O) groups is 1. The summed E-state index contributed by atoms with van der Waals surface area (Å²) in [6, 6.07) is 12.8. The molecule has 2 aromatic rings. The van der Waals surface area contributed by atoms with Crippen molar-refractivity contribution in [3.05, 3.63) is 75.0 Å². The van der Waals surface area contributed by atoms with Gasteiger partial charge in [-0.25, -0.2) is 0 Å². The van der Waals surface area contributed by atoms with Gasteiger partial charge in [0.2, 0.25) is 0 Å². The number of benzene rings is 2. The normalized spacial score (nSPS) is 9.14. The lowest BCUT2D eigenvalue weighted by atomic mass is 10.2. The number of rotatable bonds is 4. The Balaban J connectivity index is 2.15. The standard InChI is InChI=1S/C13H9N7O/c14-19-17-11-6-4-10(5-7-11)16-13(21)9-2-1-3-12(8-9)18-20-15/h1-8H,(H,16,21). The van der Waals surface area contributed by atoms with Crippen molar-refractivity contribution in [2.24, 2.45) is 10.2 Å². The molecular formula is C13H9N7O. The number of carbonyl (C=O) groups excluding carboxylic acids is 1. The smallest absolute Gasteiger partial charge is 0.255 e. The largest absolute Gasteiger partial charge is 0.322 e. The second-order valence-electron chi connectivity index (χ2n) is 3.93. The highest BCUT2D eigenvalue weighted by atomic mass is 16.1. The Morgan fingerprint density at radius 3 is 2.29 bits per heavy atom. The highest BCUT2D eigenvalue weighted by Gasteiger charge is 2.06. The Kier molecular flexibility index (Phi) is 4.40. The van der Waals surface area contributed by atoms with Crippen molar-refractivity contribution in [2.75, 3.05) is 5.32 Å². The maximum absolute atomic E-state index is 12.1. The molecule has 0 aliphatic heterocycles. The molecule has 0 bridgehead atoms. The van der Waals surface area contributed by atoms with E-state index in [2.05, 4.69) is 25.4 Å². The van der Waals surface area contributed by atoms with Crippen LogP contribution >= 0.6 is 0 Å². The SMILES string of the molecule is [N-]=[N+]=Nc1ccc(NC(=O)c2cccc(N=[N+]=[N-])c2)cc1. The van der Waals surface area contributed by atoms with Crippen LogP contribution in [0.15, 0.2) is 58.8 Å². The summed E-state index contributed by atoms with van der Waals surface area (Å²) in [5, 5.41) is 9.57. The van der Waals surface area contributed by atoms with Crippen LogP contribution in [0.2, 0.25) is 0 Å². The molecular weight excluding hydrogens is 270 g/mol. The lowest BCUT2D eigenvalue weighted by molar-refractivity contribution is 0.102. The van der Waals surface area contributed by atoms with Gasteiger partial charge in [-0.05, 0) is 35.3 Å². The summed E-state index contributed by atoms with van der Waals surface area (Å²) in [6.45, 7) is 0. The van der Waals surface area contributed by atoms with E-state index < -0.39 is 0 Å². The van der Waals surface area contributed by atoms with E-state index in [1.165, 1.54) is 6.07 Å². The fourth-order valence-corrected chi connectivity index (χ4v) is 1.63. The molecule has 0 atom stereocenters. The number of nitrogens with zero attached hydrogens (tertiary/aromatic N) is 6. The Hall–Kier alpha value is -3.47. The Bertz CT molecular complexity index is 756. The molecule has 0 saturated carbocycles. The topological polar surface area (TPSA) is 127 Å². The fraction of sp³-hybridized carbons (Fsp3) is 0. The van der Waals surface area contributed by atoms with Crippen molar-refractivity contribution in [2.45, 2.75) is 0 Å². The molecule has 21 heavy (non-hydrogen) atoms. The summed E-state index contributed by atoms with van der Waals surface area (Å²) in [6.07, 6.45) is 0. The third kappa shape index (κ3) is 3.74. The molecule has 0 fully saturated rings. The van der Waals surface area contributed by atoms with Gasteiger partial charge in [-0.3, -0.25) is 4.79 Å². The first-order chi connectivity index (χ1) is 10.2. The molecule has 1 N–H and O–H groups in total. The molecule has 0 heterocycles. The average Bonchev–Trinajstić information content (AvgIpc) is 2.50. The van der Waals surface area contributed by atoms with E-state index in [4.69, 9.17) is 11.1 Å². The van der Waals surface area contributed by atoms with Gasteiger partial charge in [0, 0.05) is 32.4 Å². The van der Waals surface area contributed by atoms with Gasteiger partial charge in [0.1, 0.15) is 0 Å². The Morgan fingerprint density at radius 1 is 0.952 bits per heavy atom. The summed E-state index contributed by atoms with van der Waals surface area (Å²) >= 11 is 0. The van der Waals surface area contributed by atoms with Crippen LogP contribution in [-0.4, -0.2) is 5.91 Å². The van der Waals surface area contributed by atoms with Crippen molar-refractivity contribution >= 4 is 23.0 Å². The maximum atomic E-state index is 12.1. The first kappa shape index (κ1) is 14.0. The van der Waals surface area contributed by atoms with E-state index in [0.717, 1.165) is 0 Å². The van der Waals surface area contributed by atoms with E-state index >= 15 is 0 Å². The van der Waals surface area contributed by atoms with Crippen molar-refractivity contribution in [1.29, 1.82) is 0 Å². The first-order valence-electron chi connectivity index (χ1n) is 5.84. The minimum Gasteiger partial charge on any atom is -0.322 e. The monoisotopic (exact) mass is 279 g/mol. The van der Waals surface area contributed by atoms with Crippen LogP contribution in [0.4, 0.5) is 17.1 Å². The van der Waals surface area contributed by atoms with Crippen LogP contribution in [-0.2, 0) is 0 Å². The van der Waals surface area contributed by atoms with E-state index in [-0.39, 0.29) is 5.91 Å². The molecule has 2 aromatic carbocycles. The average molecular weight is 279 g/mol. The minimum absolute atomic E-state index is 0.332. The van der Waals surface area contributed by atoms with Gasteiger partial charge < -0.3 is 5.32 Å². The van der Waals surface area contributed by atoms with Crippen molar-refractivity contribution < 1.29 is 4.79 Å². The van der Waals surface area contributed by atoms with Crippen LogP contribution in [0.25, 0.3) is 20.9 Å². The molecule has 0 aliphatic carbocycles. The lowest BCUT2D eigenvalue weighted by Crippen LogP contribution is -2.11. The number of hydrogen-bond acceptors (Lipinski definition) is 3. The maximum Gasteiger partial charge on any atom is 0.255 e. The number of anilines is 1. The van der Waals surface area contributed by atoms with Gasteiger partial charge >= 0.3 is 0 Å². The van der Waals surface area contributed by atoms with Gasteiger partial charge in [0.25, 0.3) is 5.91 Å². The predicted octanol–water partition coefficient (Wildman–Crippen LogP) is 4.82. The van der Waals surface area contributed by atoms with Crippen molar-refractivity contribution in [3.63, 3.8) is 0 Å². The molecule has 0 aliphatic rings. The number of hydrogen-bond donors (Lipinski definition) is 1. The van der Waals surface area contributed by atoms with Gasteiger partial charge in [-0.2, -0.15) is 0 Å². The molecule has 8 nitrogen and oxygen atoms in total. The zero-order chi connectivity index (χ0) is 15.1. The molecule has 0 unspecified atom stereocenters. The summed E-state index contributed by atoms with van der Waals surface area (Å²) in [7, 11) is 0. The van der Waals surface area contributed by atoms with Gasteiger partial charge in [0.05, 0.1) is 0 Å². The van der Waals surface area contributed by atoms with Crippen LogP contribution in [0, 0.1) is 0 Å². The van der Waals surface area contributed by atoms with E-state index in [1.54, 1.807) is 42.5 Å². The van der Waals surface area contributed by atoms with Crippen LogP contribution in [0.3, 0.4) is 0 Å². The van der Waals surface area contributed by atoms with Crippen LogP contribution in [0.1, 0.15) is 10.4 Å². The van der Waals surface area contributed by atoms with Gasteiger partial charge in [-0.15, -0.1) is 0 Å². The number of azide groups is 2. The highest BCUT2D eigenvalue weighted by molar-refractivity contribution is 6.04. The summed E-state index contributed by atoms with van der Waals surface area (Å²) in [5.74, 6) is -0.332. The van der Waals surface area contributed by atoms with Gasteiger partial charge in [0.15, 0.2) is 0 Å². The first-order valence-corrected chi connectivity index (χ1v) is 5.84. The van der Waals surface area contributed by atoms with Crippen LogP contribution in [0.5, 0.6) is 0 Å². The quantitative estimate of drug-likeness (QED) is 0.480. The second-order valence-corrected chi connectivity index (χ2v) is 3.93. The predicted molar refractivity (Wildman–Crippen MR) is 78.4 cm³/mol. The number of amides is 1. The molecule has 0 spiro atoms. The summed E-state index contributed by atoms with van der Waals surface area (Å²) < 4.78 is 0. The van der Waals surface area contributed by atoms with Crippen molar-refractivity contribution in [3.8, 4) is 0 Å². The Labute approximate surface area is 119 Å². The van der Waals surface area contributed by atoms with E-state index in [0.29, 0.717) is 22.6 Å². The Morgan fingerprint density at radius 2 is 1.62 bits per heavy atom. The number of nitrogens with one attached hydrogen (secondary N) is 1. The highest BCUT2D eigenvalue weighted by Crippen LogP contribution is 2.18. The van der Waals surface area contributed by atoms with E-state index in [1.807, 2.05) is 0 Å².